The molecule has 1 N–H and O–H groups in total. The summed E-state index contributed by atoms with van der Waals surface area (Å²) in [6.45, 7) is 10.1. The molecule has 1 aliphatic heterocycles. The Morgan fingerprint density at radius 2 is 1.96 bits per heavy atom. The Hall–Kier alpha value is -2.04. The van der Waals surface area contributed by atoms with Gasteiger partial charge in [-0.15, -0.1) is 0 Å². The second-order valence-electron chi connectivity index (χ2n) is 7.08. The van der Waals surface area contributed by atoms with Crippen molar-refractivity contribution in [2.24, 2.45) is 0 Å². The Labute approximate surface area is 138 Å². The SMILES string of the molecule is Cc1cc(C)c2c(c1)N(C(=O)CNC(=O)OC(C)(C)C)CCC2. The summed E-state index contributed by atoms with van der Waals surface area (Å²) in [5.74, 6) is -0.109. The van der Waals surface area contributed by atoms with Gasteiger partial charge in [-0.2, -0.15) is 0 Å². The van der Waals surface area contributed by atoms with Crippen molar-refractivity contribution in [1.29, 1.82) is 0 Å². The highest BCUT2D eigenvalue weighted by atomic mass is 16.6. The van der Waals surface area contributed by atoms with Gasteiger partial charge >= 0.3 is 6.09 Å². The number of ether oxygens (including phenoxy) is 1. The number of fused-ring (bicyclic) bond motifs is 1. The van der Waals surface area contributed by atoms with Crippen LogP contribution in [0.5, 0.6) is 0 Å². The molecule has 0 atom stereocenters. The minimum atomic E-state index is -0.570. The van der Waals surface area contributed by atoms with Gasteiger partial charge in [0.25, 0.3) is 0 Å². The first-order valence-corrected chi connectivity index (χ1v) is 8.05. The van der Waals surface area contributed by atoms with Crippen LogP contribution in [-0.2, 0) is 16.0 Å². The third-order valence-corrected chi connectivity index (χ3v) is 3.78. The average molecular weight is 318 g/mol. The van der Waals surface area contributed by atoms with Gasteiger partial charge in [0.05, 0.1) is 0 Å². The van der Waals surface area contributed by atoms with E-state index in [1.807, 2.05) is 13.0 Å². The van der Waals surface area contributed by atoms with Gasteiger partial charge in [0.15, 0.2) is 0 Å². The summed E-state index contributed by atoms with van der Waals surface area (Å²) >= 11 is 0. The number of amides is 2. The lowest BCUT2D eigenvalue weighted by Crippen LogP contribution is -2.44. The van der Waals surface area contributed by atoms with Gasteiger partial charge in [0, 0.05) is 12.2 Å². The van der Waals surface area contributed by atoms with Crippen LogP contribution in [0.15, 0.2) is 12.1 Å². The first kappa shape index (κ1) is 17.3. The number of anilines is 1. The third-order valence-electron chi connectivity index (χ3n) is 3.78. The Morgan fingerprint density at radius 3 is 2.61 bits per heavy atom. The molecule has 0 saturated carbocycles. The molecule has 0 aromatic heterocycles. The van der Waals surface area contributed by atoms with Gasteiger partial charge in [-0.1, -0.05) is 6.07 Å². The number of hydrogen-bond donors (Lipinski definition) is 1. The molecule has 2 amide bonds. The molecule has 1 aromatic carbocycles. The van der Waals surface area contributed by atoms with Crippen LogP contribution in [0.1, 0.15) is 43.9 Å². The molecule has 2 rings (SSSR count). The van der Waals surface area contributed by atoms with Crippen molar-refractivity contribution in [2.45, 2.75) is 53.1 Å². The van der Waals surface area contributed by atoms with Crippen molar-refractivity contribution in [1.82, 2.24) is 5.32 Å². The molecule has 23 heavy (non-hydrogen) atoms. The number of nitrogens with one attached hydrogen (secondary N) is 1. The molecule has 0 bridgehead atoms. The van der Waals surface area contributed by atoms with E-state index in [2.05, 4.69) is 18.3 Å². The fourth-order valence-corrected chi connectivity index (χ4v) is 2.89. The van der Waals surface area contributed by atoms with Crippen molar-refractivity contribution in [3.05, 3.63) is 28.8 Å². The molecule has 1 aromatic rings. The predicted octanol–water partition coefficient (Wildman–Crippen LogP) is 3.11. The second kappa shape index (κ2) is 6.60. The zero-order valence-corrected chi connectivity index (χ0v) is 14.7. The molecule has 0 aliphatic carbocycles. The quantitative estimate of drug-likeness (QED) is 0.911. The van der Waals surface area contributed by atoms with Gasteiger partial charge in [0.1, 0.15) is 12.1 Å². The van der Waals surface area contributed by atoms with Crippen molar-refractivity contribution >= 4 is 17.7 Å². The molecule has 0 saturated heterocycles. The van der Waals surface area contributed by atoms with Crippen LogP contribution >= 0.6 is 0 Å². The Kier molecular flexibility index (Phi) is 4.97. The molecular formula is C18H26N2O3. The van der Waals surface area contributed by atoms with Crippen LogP contribution in [0.3, 0.4) is 0 Å². The predicted molar refractivity (Wildman–Crippen MR) is 90.8 cm³/mol. The van der Waals surface area contributed by atoms with Crippen LogP contribution in [-0.4, -0.2) is 30.7 Å². The van der Waals surface area contributed by atoms with Crippen molar-refractivity contribution < 1.29 is 14.3 Å². The van der Waals surface area contributed by atoms with Crippen molar-refractivity contribution in [3.8, 4) is 0 Å². The Morgan fingerprint density at radius 1 is 1.26 bits per heavy atom. The highest BCUT2D eigenvalue weighted by Gasteiger charge is 2.25. The topological polar surface area (TPSA) is 58.6 Å². The molecule has 0 unspecified atom stereocenters. The van der Waals surface area contributed by atoms with Crippen LogP contribution < -0.4 is 10.2 Å². The van der Waals surface area contributed by atoms with Gasteiger partial charge in [0.2, 0.25) is 5.91 Å². The molecule has 0 spiro atoms. The standard InChI is InChI=1S/C18H26N2O3/c1-12-9-13(2)14-7-6-8-20(15(14)10-12)16(21)11-19-17(22)23-18(3,4)5/h9-10H,6-8,11H2,1-5H3,(H,19,22). The molecule has 5 heteroatoms. The smallest absolute Gasteiger partial charge is 0.408 e. The lowest BCUT2D eigenvalue weighted by atomic mass is 9.95. The largest absolute Gasteiger partial charge is 0.444 e. The van der Waals surface area contributed by atoms with E-state index in [4.69, 9.17) is 4.74 Å². The molecule has 0 fully saturated rings. The third kappa shape index (κ3) is 4.47. The highest BCUT2D eigenvalue weighted by molar-refractivity contribution is 5.97. The normalized spacial score (nSPS) is 14.2. The van der Waals surface area contributed by atoms with Crippen LogP contribution in [0.25, 0.3) is 0 Å². The number of aryl methyl sites for hydroxylation is 2. The summed E-state index contributed by atoms with van der Waals surface area (Å²) in [5.41, 5.74) is 4.00. The lowest BCUT2D eigenvalue weighted by Gasteiger charge is -2.31. The molecular weight excluding hydrogens is 292 g/mol. The van der Waals surface area contributed by atoms with Crippen molar-refractivity contribution in [3.63, 3.8) is 0 Å². The average Bonchev–Trinajstić information content (AvgIpc) is 2.42. The maximum atomic E-state index is 12.5. The van der Waals surface area contributed by atoms with Gasteiger partial charge in [-0.05, 0) is 70.2 Å². The van der Waals surface area contributed by atoms with E-state index >= 15 is 0 Å². The molecule has 1 aliphatic rings. The van der Waals surface area contributed by atoms with Crippen molar-refractivity contribution in [2.75, 3.05) is 18.0 Å². The summed E-state index contributed by atoms with van der Waals surface area (Å²) in [4.78, 5) is 26.0. The Balaban J connectivity index is 2.06. The minimum absolute atomic E-state index is 0.0542. The zero-order valence-electron chi connectivity index (χ0n) is 14.7. The fourth-order valence-electron chi connectivity index (χ4n) is 2.89. The van der Waals surface area contributed by atoms with E-state index < -0.39 is 11.7 Å². The van der Waals surface area contributed by atoms with Crippen LogP contribution in [0, 0.1) is 13.8 Å². The summed E-state index contributed by atoms with van der Waals surface area (Å²) in [7, 11) is 0. The maximum absolute atomic E-state index is 12.5. The monoisotopic (exact) mass is 318 g/mol. The summed E-state index contributed by atoms with van der Waals surface area (Å²) in [6.07, 6.45) is 1.36. The van der Waals surface area contributed by atoms with Crippen LogP contribution in [0.4, 0.5) is 10.5 Å². The van der Waals surface area contributed by atoms with E-state index in [0.29, 0.717) is 6.54 Å². The molecule has 5 nitrogen and oxygen atoms in total. The van der Waals surface area contributed by atoms with E-state index in [0.717, 1.165) is 24.1 Å². The summed E-state index contributed by atoms with van der Waals surface area (Å²) < 4.78 is 5.16. The van der Waals surface area contributed by atoms with E-state index in [-0.39, 0.29) is 12.5 Å². The summed E-state index contributed by atoms with van der Waals surface area (Å²) in [6, 6.07) is 4.19. The lowest BCUT2D eigenvalue weighted by molar-refractivity contribution is -0.117. The number of nitrogens with zero attached hydrogens (tertiary/aromatic N) is 1. The number of benzene rings is 1. The van der Waals surface area contributed by atoms with E-state index in [1.165, 1.54) is 11.1 Å². The fraction of sp³-hybridized carbons (Fsp3) is 0.556. The zero-order chi connectivity index (χ0) is 17.2. The molecule has 1 heterocycles. The van der Waals surface area contributed by atoms with E-state index in [9.17, 15) is 9.59 Å². The minimum Gasteiger partial charge on any atom is -0.444 e. The first-order chi connectivity index (χ1) is 10.7. The van der Waals surface area contributed by atoms with E-state index in [1.54, 1.807) is 25.7 Å². The molecule has 0 radical (unpaired) electrons. The summed E-state index contributed by atoms with van der Waals surface area (Å²) in [5, 5.41) is 2.54. The maximum Gasteiger partial charge on any atom is 0.408 e. The van der Waals surface area contributed by atoms with Gasteiger partial charge in [-0.3, -0.25) is 4.79 Å². The second-order valence-corrected chi connectivity index (χ2v) is 7.08. The Bertz CT molecular complexity index is 617. The molecule has 126 valence electrons. The number of hydrogen-bond acceptors (Lipinski definition) is 3. The number of carbonyl (C=O) groups is 2. The first-order valence-electron chi connectivity index (χ1n) is 8.05. The number of alkyl carbamates (subject to hydrolysis) is 1. The number of carbonyl (C=O) groups excluding carboxylic acids is 2. The number of rotatable bonds is 2. The van der Waals surface area contributed by atoms with Crippen LogP contribution in [0.2, 0.25) is 0 Å². The van der Waals surface area contributed by atoms with Gasteiger partial charge in [-0.25, -0.2) is 4.79 Å². The van der Waals surface area contributed by atoms with Gasteiger partial charge < -0.3 is 15.0 Å². The highest BCUT2D eigenvalue weighted by Crippen LogP contribution is 2.31.